The van der Waals surface area contributed by atoms with Crippen LogP contribution in [0.4, 0.5) is 0 Å². The van der Waals surface area contributed by atoms with Gasteiger partial charge in [0.2, 0.25) is 0 Å². The largest absolute Gasteiger partial charge is 0.490 e. The normalized spacial score (nSPS) is 11.8. The first-order valence-corrected chi connectivity index (χ1v) is 8.76. The molecule has 2 aromatic carbocycles. The van der Waals surface area contributed by atoms with Gasteiger partial charge in [-0.25, -0.2) is 4.79 Å². The van der Waals surface area contributed by atoms with Crippen molar-refractivity contribution >= 4 is 5.97 Å². The van der Waals surface area contributed by atoms with Crippen molar-refractivity contribution in [3.8, 4) is 11.5 Å². The molecule has 1 atom stereocenters. The SMILES string of the molecule is CCCCC(CCC)Oc1ccc(C(=O)Oc2ccccc2)cc1. The number of unbranched alkanes of at least 4 members (excludes halogenated alkanes) is 1. The van der Waals surface area contributed by atoms with E-state index >= 15 is 0 Å². The van der Waals surface area contributed by atoms with Gasteiger partial charge in [0, 0.05) is 0 Å². The Morgan fingerprint density at radius 3 is 2.21 bits per heavy atom. The summed E-state index contributed by atoms with van der Waals surface area (Å²) in [6.45, 7) is 4.36. The molecule has 3 nitrogen and oxygen atoms in total. The smallest absolute Gasteiger partial charge is 0.343 e. The summed E-state index contributed by atoms with van der Waals surface area (Å²) in [5, 5.41) is 0. The lowest BCUT2D eigenvalue weighted by atomic mass is 10.1. The summed E-state index contributed by atoms with van der Waals surface area (Å²) in [6, 6.07) is 16.3. The van der Waals surface area contributed by atoms with Crippen LogP contribution in [-0.2, 0) is 0 Å². The third kappa shape index (κ3) is 5.73. The highest BCUT2D eigenvalue weighted by Crippen LogP contribution is 2.20. The van der Waals surface area contributed by atoms with E-state index < -0.39 is 0 Å². The van der Waals surface area contributed by atoms with Gasteiger partial charge in [0.1, 0.15) is 11.5 Å². The van der Waals surface area contributed by atoms with Gasteiger partial charge in [-0.05, 0) is 49.2 Å². The molecule has 2 aromatic rings. The maximum absolute atomic E-state index is 12.1. The van der Waals surface area contributed by atoms with Gasteiger partial charge in [-0.2, -0.15) is 0 Å². The van der Waals surface area contributed by atoms with Crippen LogP contribution in [-0.4, -0.2) is 12.1 Å². The average Bonchev–Trinajstić information content (AvgIpc) is 2.61. The molecule has 0 amide bonds. The molecule has 128 valence electrons. The van der Waals surface area contributed by atoms with Crippen molar-refractivity contribution in [3.05, 3.63) is 60.2 Å². The first kappa shape index (κ1) is 18.1. The standard InChI is InChI=1S/C21H26O3/c1-3-5-10-18(9-4-2)23-20-15-13-17(14-16-20)21(22)24-19-11-7-6-8-12-19/h6-8,11-16,18H,3-5,9-10H2,1-2H3. The van der Waals surface area contributed by atoms with Crippen LogP contribution in [0.25, 0.3) is 0 Å². The minimum Gasteiger partial charge on any atom is -0.490 e. The Morgan fingerprint density at radius 2 is 1.58 bits per heavy atom. The summed E-state index contributed by atoms with van der Waals surface area (Å²) >= 11 is 0. The summed E-state index contributed by atoms with van der Waals surface area (Å²) in [7, 11) is 0. The third-order valence-corrected chi connectivity index (χ3v) is 3.84. The molecule has 0 fully saturated rings. The molecule has 0 aliphatic carbocycles. The average molecular weight is 326 g/mol. The molecule has 0 aromatic heterocycles. The minimum absolute atomic E-state index is 0.247. The maximum Gasteiger partial charge on any atom is 0.343 e. The predicted molar refractivity (Wildman–Crippen MR) is 96.7 cm³/mol. The van der Waals surface area contributed by atoms with E-state index in [0.717, 1.165) is 25.0 Å². The molecular weight excluding hydrogens is 300 g/mol. The number of carbonyl (C=O) groups is 1. The van der Waals surface area contributed by atoms with Gasteiger partial charge in [-0.1, -0.05) is 51.3 Å². The van der Waals surface area contributed by atoms with Crippen LogP contribution >= 0.6 is 0 Å². The second-order valence-electron chi connectivity index (χ2n) is 5.90. The van der Waals surface area contributed by atoms with Gasteiger partial charge in [-0.15, -0.1) is 0 Å². The lowest BCUT2D eigenvalue weighted by Gasteiger charge is -2.18. The van der Waals surface area contributed by atoms with Crippen molar-refractivity contribution < 1.29 is 14.3 Å². The zero-order valence-electron chi connectivity index (χ0n) is 14.5. The lowest BCUT2D eigenvalue weighted by Crippen LogP contribution is -2.16. The second kappa shape index (κ2) is 9.76. The summed E-state index contributed by atoms with van der Waals surface area (Å²) in [4.78, 5) is 12.1. The van der Waals surface area contributed by atoms with Crippen LogP contribution < -0.4 is 9.47 Å². The van der Waals surface area contributed by atoms with Crippen LogP contribution in [0.5, 0.6) is 11.5 Å². The lowest BCUT2D eigenvalue weighted by molar-refractivity contribution is 0.0734. The van der Waals surface area contributed by atoms with Gasteiger partial charge < -0.3 is 9.47 Å². The van der Waals surface area contributed by atoms with E-state index in [4.69, 9.17) is 9.47 Å². The minimum atomic E-state index is -0.358. The molecule has 0 N–H and O–H groups in total. The Hall–Kier alpha value is -2.29. The number of esters is 1. The van der Waals surface area contributed by atoms with E-state index in [1.54, 1.807) is 24.3 Å². The van der Waals surface area contributed by atoms with Gasteiger partial charge in [0.05, 0.1) is 11.7 Å². The molecular formula is C21H26O3. The Kier molecular flexibility index (Phi) is 7.34. The number of rotatable bonds is 9. The molecule has 0 radical (unpaired) electrons. The van der Waals surface area contributed by atoms with E-state index in [1.165, 1.54) is 12.8 Å². The highest BCUT2D eigenvalue weighted by atomic mass is 16.5. The first-order chi connectivity index (χ1) is 11.7. The molecule has 0 spiro atoms. The fourth-order valence-corrected chi connectivity index (χ4v) is 2.53. The Morgan fingerprint density at radius 1 is 0.875 bits per heavy atom. The van der Waals surface area contributed by atoms with Crippen molar-refractivity contribution in [1.29, 1.82) is 0 Å². The van der Waals surface area contributed by atoms with Crippen molar-refractivity contribution in [2.75, 3.05) is 0 Å². The second-order valence-corrected chi connectivity index (χ2v) is 5.90. The monoisotopic (exact) mass is 326 g/mol. The number of ether oxygens (including phenoxy) is 2. The van der Waals surface area contributed by atoms with Crippen molar-refractivity contribution in [3.63, 3.8) is 0 Å². The van der Waals surface area contributed by atoms with Gasteiger partial charge >= 0.3 is 5.97 Å². The summed E-state index contributed by atoms with van der Waals surface area (Å²) in [5.74, 6) is 0.995. The molecule has 3 heteroatoms. The van der Waals surface area contributed by atoms with Crippen molar-refractivity contribution in [2.24, 2.45) is 0 Å². The quantitative estimate of drug-likeness (QED) is 0.441. The first-order valence-electron chi connectivity index (χ1n) is 8.76. The molecule has 0 saturated heterocycles. The van der Waals surface area contributed by atoms with Crippen molar-refractivity contribution in [1.82, 2.24) is 0 Å². The van der Waals surface area contributed by atoms with Gasteiger partial charge in [-0.3, -0.25) is 0 Å². The number of benzene rings is 2. The third-order valence-electron chi connectivity index (χ3n) is 3.84. The van der Waals surface area contributed by atoms with E-state index in [-0.39, 0.29) is 12.1 Å². The van der Waals surface area contributed by atoms with E-state index in [1.807, 2.05) is 30.3 Å². The topological polar surface area (TPSA) is 35.5 Å². The predicted octanol–water partition coefficient (Wildman–Crippen LogP) is 5.64. The van der Waals surface area contributed by atoms with Crippen LogP contribution in [0, 0.1) is 0 Å². The van der Waals surface area contributed by atoms with Crippen molar-refractivity contribution in [2.45, 2.75) is 52.1 Å². The Bertz CT molecular complexity index is 605. The molecule has 2 rings (SSSR count). The molecule has 1 unspecified atom stereocenters. The zero-order chi connectivity index (χ0) is 17.2. The van der Waals surface area contributed by atoms with Gasteiger partial charge in [0.15, 0.2) is 0 Å². The Balaban J connectivity index is 1.95. The Labute approximate surface area is 144 Å². The van der Waals surface area contributed by atoms with E-state index in [0.29, 0.717) is 11.3 Å². The summed E-state index contributed by atoms with van der Waals surface area (Å²) in [6.07, 6.45) is 5.83. The van der Waals surface area contributed by atoms with Crippen LogP contribution in [0.1, 0.15) is 56.3 Å². The number of para-hydroxylation sites is 1. The molecule has 0 bridgehead atoms. The highest BCUT2D eigenvalue weighted by molar-refractivity contribution is 5.91. The van der Waals surface area contributed by atoms with E-state index in [2.05, 4.69) is 13.8 Å². The summed E-state index contributed by atoms with van der Waals surface area (Å²) in [5.41, 5.74) is 0.520. The maximum atomic E-state index is 12.1. The number of hydrogen-bond donors (Lipinski definition) is 0. The van der Waals surface area contributed by atoms with E-state index in [9.17, 15) is 4.79 Å². The van der Waals surface area contributed by atoms with Crippen LogP contribution in [0.3, 0.4) is 0 Å². The summed E-state index contributed by atoms with van der Waals surface area (Å²) < 4.78 is 11.4. The van der Waals surface area contributed by atoms with Crippen LogP contribution in [0.15, 0.2) is 54.6 Å². The number of hydrogen-bond acceptors (Lipinski definition) is 3. The fraction of sp³-hybridized carbons (Fsp3) is 0.381. The zero-order valence-corrected chi connectivity index (χ0v) is 14.5. The fourth-order valence-electron chi connectivity index (χ4n) is 2.53. The molecule has 0 saturated carbocycles. The molecule has 24 heavy (non-hydrogen) atoms. The highest BCUT2D eigenvalue weighted by Gasteiger charge is 2.11. The number of carbonyl (C=O) groups excluding carboxylic acids is 1. The molecule has 0 heterocycles. The molecule has 0 aliphatic rings. The van der Waals surface area contributed by atoms with Gasteiger partial charge in [0.25, 0.3) is 0 Å². The van der Waals surface area contributed by atoms with Crippen LogP contribution in [0.2, 0.25) is 0 Å². The molecule has 0 aliphatic heterocycles.